The summed E-state index contributed by atoms with van der Waals surface area (Å²) in [7, 11) is 0.337. The fraction of sp³-hybridized carbons (Fsp3) is 0. The molecule has 0 bridgehead atoms. The van der Waals surface area contributed by atoms with E-state index in [1.807, 2.05) is 0 Å². The van der Waals surface area contributed by atoms with Gasteiger partial charge in [0.1, 0.15) is 35.4 Å². The van der Waals surface area contributed by atoms with Gasteiger partial charge in [-0.15, -0.1) is 0 Å². The average Bonchev–Trinajstić information content (AvgIpc) is 2.24. The molecular weight excluding hydrogens is 197 g/mol. The third-order valence-corrected chi connectivity index (χ3v) is 1.54. The van der Waals surface area contributed by atoms with Crippen molar-refractivity contribution in [3.63, 3.8) is 0 Å². The van der Waals surface area contributed by atoms with Crippen LogP contribution in [0.1, 0.15) is 0 Å². The summed E-state index contributed by atoms with van der Waals surface area (Å²) in [6.45, 7) is 0. The zero-order valence-corrected chi connectivity index (χ0v) is 7.73. The van der Waals surface area contributed by atoms with Crippen LogP contribution in [0.15, 0.2) is 27.9 Å². The van der Waals surface area contributed by atoms with E-state index in [4.69, 9.17) is 21.0 Å². The molecule has 0 saturated carbocycles. The van der Waals surface area contributed by atoms with Gasteiger partial charge in [-0.25, -0.2) is 4.74 Å². The summed E-state index contributed by atoms with van der Waals surface area (Å²) in [4.78, 5) is 0. The average molecular weight is 199 g/mol. The van der Waals surface area contributed by atoms with E-state index in [9.17, 15) is 0 Å². The predicted molar refractivity (Wildman–Crippen MR) is 48.0 cm³/mol. The van der Waals surface area contributed by atoms with E-state index in [1.165, 1.54) is 5.82 Å². The molecular formula is C8H2N5P. The Labute approximate surface area is 82.3 Å². The highest BCUT2D eigenvalue weighted by molar-refractivity contribution is 7.30. The molecule has 0 aromatic rings. The van der Waals surface area contributed by atoms with E-state index >= 15 is 0 Å². The van der Waals surface area contributed by atoms with Gasteiger partial charge in [-0.2, -0.15) is 21.0 Å². The topological polar surface area (TPSA) is 108 Å². The van der Waals surface area contributed by atoms with Gasteiger partial charge in [-0.05, 0) is 0 Å². The molecule has 0 radical (unpaired) electrons. The minimum atomic E-state index is -0.124. The van der Waals surface area contributed by atoms with Gasteiger partial charge in [0.25, 0.3) is 0 Å². The standard InChI is InChI=1S/C8H2N5P/c9-1-7(2-10)5-13-14-6-8(3-11)4-12/h5-6H. The number of hydrogen-bond acceptors (Lipinski definition) is 5. The van der Waals surface area contributed by atoms with Crippen molar-refractivity contribution < 1.29 is 0 Å². The number of nitriles is 4. The van der Waals surface area contributed by atoms with Crippen molar-refractivity contribution in [2.24, 2.45) is 4.74 Å². The molecule has 0 spiro atoms. The number of nitrogens with zero attached hydrogens (tertiary/aromatic N) is 5. The maximum Gasteiger partial charge on any atom is 0.148 e. The van der Waals surface area contributed by atoms with E-state index < -0.39 is 0 Å². The molecule has 14 heavy (non-hydrogen) atoms. The normalized spacial score (nSPS) is 7.43. The second-order valence-electron chi connectivity index (χ2n) is 1.76. The fourth-order valence-electron chi connectivity index (χ4n) is 0.348. The fourth-order valence-corrected chi connectivity index (χ4v) is 0.827. The Morgan fingerprint density at radius 1 is 0.929 bits per heavy atom. The summed E-state index contributed by atoms with van der Waals surface area (Å²) >= 11 is 0. The lowest BCUT2D eigenvalue weighted by molar-refractivity contribution is 1.44. The minimum absolute atomic E-state index is 0.0562. The summed E-state index contributed by atoms with van der Waals surface area (Å²) in [6.07, 6.45) is 1.09. The van der Waals surface area contributed by atoms with Crippen LogP contribution < -0.4 is 0 Å². The molecule has 0 aliphatic rings. The second-order valence-corrected chi connectivity index (χ2v) is 2.48. The van der Waals surface area contributed by atoms with Crippen molar-refractivity contribution in [1.82, 2.24) is 0 Å². The van der Waals surface area contributed by atoms with Gasteiger partial charge in [0.2, 0.25) is 0 Å². The molecule has 5 nitrogen and oxygen atoms in total. The van der Waals surface area contributed by atoms with Crippen LogP contribution in [0.25, 0.3) is 0 Å². The third kappa shape index (κ3) is 4.42. The highest BCUT2D eigenvalue weighted by atomic mass is 31.1. The second kappa shape index (κ2) is 7.20. The molecule has 0 fully saturated rings. The SMILES string of the molecule is N#CC(C#N)=CN=PC=C(C#N)C#N. The molecule has 0 aliphatic heterocycles. The van der Waals surface area contributed by atoms with Crippen LogP contribution in [0.3, 0.4) is 0 Å². The van der Waals surface area contributed by atoms with Crippen LogP contribution >= 0.6 is 8.37 Å². The Morgan fingerprint density at radius 2 is 1.43 bits per heavy atom. The first-order valence-electron chi connectivity index (χ1n) is 3.19. The summed E-state index contributed by atoms with van der Waals surface area (Å²) in [5.41, 5.74) is -0.180. The Hall–Kier alpha value is -2.46. The first-order valence-corrected chi connectivity index (χ1v) is 4.10. The van der Waals surface area contributed by atoms with Crippen LogP contribution in [0.2, 0.25) is 0 Å². The van der Waals surface area contributed by atoms with Gasteiger partial charge >= 0.3 is 0 Å². The zero-order valence-electron chi connectivity index (χ0n) is 6.84. The van der Waals surface area contributed by atoms with Crippen LogP contribution in [-0.2, 0) is 0 Å². The first kappa shape index (κ1) is 11.5. The molecule has 6 heteroatoms. The highest BCUT2D eigenvalue weighted by Crippen LogP contribution is 2.07. The molecule has 0 unspecified atom stereocenters. The van der Waals surface area contributed by atoms with Crippen molar-refractivity contribution in [1.29, 1.82) is 21.0 Å². The Bertz CT molecular complexity index is 382. The van der Waals surface area contributed by atoms with Crippen LogP contribution in [0.5, 0.6) is 0 Å². The molecule has 0 atom stereocenters. The lowest BCUT2D eigenvalue weighted by atomic mass is 10.4. The molecule has 0 N–H and O–H groups in total. The largest absolute Gasteiger partial charge is 0.234 e. The summed E-state index contributed by atoms with van der Waals surface area (Å²) in [6, 6.07) is 6.54. The number of hydrogen-bond donors (Lipinski definition) is 0. The van der Waals surface area contributed by atoms with Gasteiger partial charge < -0.3 is 0 Å². The first-order chi connectivity index (χ1) is 6.78. The summed E-state index contributed by atoms with van der Waals surface area (Å²) < 4.78 is 3.64. The molecule has 0 aliphatic carbocycles. The smallest absolute Gasteiger partial charge is 0.148 e. The highest BCUT2D eigenvalue weighted by Gasteiger charge is 1.88. The van der Waals surface area contributed by atoms with Crippen molar-refractivity contribution in [2.45, 2.75) is 0 Å². The lowest BCUT2D eigenvalue weighted by Gasteiger charge is -1.75. The van der Waals surface area contributed by atoms with Gasteiger partial charge in [-0.1, -0.05) is 0 Å². The maximum atomic E-state index is 8.32. The Morgan fingerprint density at radius 3 is 1.86 bits per heavy atom. The van der Waals surface area contributed by atoms with E-state index in [-0.39, 0.29) is 11.1 Å². The molecule has 0 rings (SSSR count). The van der Waals surface area contributed by atoms with E-state index in [1.54, 1.807) is 24.3 Å². The third-order valence-electron chi connectivity index (χ3n) is 0.922. The number of allylic oxidation sites excluding steroid dienone is 2. The Balaban J connectivity index is 4.56. The minimum Gasteiger partial charge on any atom is -0.234 e. The van der Waals surface area contributed by atoms with Crippen LogP contribution in [-0.4, -0.2) is 0 Å². The molecule has 64 valence electrons. The molecule has 0 aromatic heterocycles. The monoisotopic (exact) mass is 199 g/mol. The molecule has 0 heterocycles. The Kier molecular flexibility index (Phi) is 5.94. The zero-order chi connectivity index (χ0) is 10.8. The van der Waals surface area contributed by atoms with Crippen LogP contribution in [0.4, 0.5) is 0 Å². The summed E-state index contributed by atoms with van der Waals surface area (Å²) in [5.74, 6) is 1.28. The van der Waals surface area contributed by atoms with Gasteiger partial charge in [-0.3, -0.25) is 0 Å². The van der Waals surface area contributed by atoms with Crippen molar-refractivity contribution >= 4 is 8.37 Å². The van der Waals surface area contributed by atoms with Crippen LogP contribution in [0, 0.1) is 45.3 Å². The van der Waals surface area contributed by atoms with E-state index in [2.05, 4.69) is 4.74 Å². The van der Waals surface area contributed by atoms with Crippen molar-refractivity contribution in [3.05, 3.63) is 23.2 Å². The summed E-state index contributed by atoms with van der Waals surface area (Å²) in [5, 5.41) is 33.2. The molecule has 0 amide bonds. The van der Waals surface area contributed by atoms with E-state index in [0.29, 0.717) is 8.37 Å². The van der Waals surface area contributed by atoms with Crippen molar-refractivity contribution in [3.8, 4) is 24.3 Å². The quantitative estimate of drug-likeness (QED) is 0.500. The maximum absolute atomic E-state index is 8.32. The predicted octanol–water partition coefficient (Wildman–Crippen LogP) is 1.98. The van der Waals surface area contributed by atoms with E-state index in [0.717, 1.165) is 6.20 Å². The van der Waals surface area contributed by atoms with Gasteiger partial charge in [0.15, 0.2) is 0 Å². The van der Waals surface area contributed by atoms with Gasteiger partial charge in [0, 0.05) is 14.2 Å². The molecule has 0 aromatic carbocycles. The van der Waals surface area contributed by atoms with Gasteiger partial charge in [0.05, 0.1) is 6.20 Å². The molecule has 0 saturated heterocycles. The lowest BCUT2D eigenvalue weighted by Crippen LogP contribution is -1.66. The number of rotatable bonds is 2. The van der Waals surface area contributed by atoms with Crippen molar-refractivity contribution in [2.75, 3.05) is 0 Å².